The van der Waals surface area contributed by atoms with Gasteiger partial charge in [-0.3, -0.25) is 4.79 Å². The van der Waals surface area contributed by atoms with Crippen molar-refractivity contribution >= 4 is 17.5 Å². The van der Waals surface area contributed by atoms with Crippen molar-refractivity contribution < 1.29 is 9.53 Å². The maximum atomic E-state index is 12.9. The van der Waals surface area contributed by atoms with Gasteiger partial charge in [0.2, 0.25) is 5.95 Å². The number of carbonyl (C=O) groups excluding carboxylic acids is 1. The molecule has 2 aromatic rings. The van der Waals surface area contributed by atoms with Gasteiger partial charge in [-0.1, -0.05) is 0 Å². The van der Waals surface area contributed by atoms with Gasteiger partial charge in [0.05, 0.1) is 24.3 Å². The standard InChI is InChI=1S/C23H24N6O2/c24-13-29-16-4-6-19(29)18(12-16)26-22(30)15-3-5-20-21(11-15)31-10-9-28(20)23-25-8-7-17(27-23)14-1-2-14/h3,5,7-8,11,14,16,18-19H,1-2,4,6,9-10,12H2,(H,26,30). The van der Waals surface area contributed by atoms with Crippen molar-refractivity contribution in [1.29, 1.82) is 5.26 Å². The van der Waals surface area contributed by atoms with E-state index in [0.29, 0.717) is 36.3 Å². The number of amides is 1. The highest BCUT2D eigenvalue weighted by Gasteiger charge is 2.46. The van der Waals surface area contributed by atoms with Crippen molar-refractivity contribution in [3.8, 4) is 11.9 Å². The van der Waals surface area contributed by atoms with Crippen LogP contribution in [-0.4, -0.2) is 52.1 Å². The zero-order valence-electron chi connectivity index (χ0n) is 17.2. The van der Waals surface area contributed by atoms with E-state index in [9.17, 15) is 10.1 Å². The number of aromatic nitrogens is 2. The normalized spacial score (nSPS) is 26.2. The van der Waals surface area contributed by atoms with E-state index < -0.39 is 0 Å². The number of benzene rings is 1. The molecule has 1 amide bonds. The summed E-state index contributed by atoms with van der Waals surface area (Å²) in [5.41, 5.74) is 2.55. The zero-order valence-corrected chi connectivity index (χ0v) is 17.2. The highest BCUT2D eigenvalue weighted by Crippen LogP contribution is 2.41. The van der Waals surface area contributed by atoms with Crippen LogP contribution in [0.2, 0.25) is 0 Å². The van der Waals surface area contributed by atoms with Gasteiger partial charge in [0.15, 0.2) is 6.19 Å². The molecule has 8 heteroatoms. The number of nitriles is 1. The summed E-state index contributed by atoms with van der Waals surface area (Å²) in [4.78, 5) is 26.1. The molecule has 3 aliphatic heterocycles. The number of carbonyl (C=O) groups is 1. The molecule has 2 bridgehead atoms. The fourth-order valence-corrected chi connectivity index (χ4v) is 5.22. The van der Waals surface area contributed by atoms with E-state index in [-0.39, 0.29) is 24.0 Å². The third-order valence-electron chi connectivity index (χ3n) is 6.96. The fraction of sp³-hybridized carbons (Fsp3) is 0.478. The number of anilines is 2. The molecule has 2 saturated heterocycles. The van der Waals surface area contributed by atoms with Crippen LogP contribution in [0.4, 0.5) is 11.6 Å². The molecular formula is C23H24N6O2. The Labute approximate surface area is 180 Å². The summed E-state index contributed by atoms with van der Waals surface area (Å²) in [5, 5.41) is 12.5. The van der Waals surface area contributed by atoms with Gasteiger partial charge < -0.3 is 19.9 Å². The molecule has 31 heavy (non-hydrogen) atoms. The molecule has 1 aliphatic carbocycles. The molecule has 6 rings (SSSR count). The van der Waals surface area contributed by atoms with Gasteiger partial charge in [-0.05, 0) is 56.4 Å². The van der Waals surface area contributed by atoms with Crippen LogP contribution in [0, 0.1) is 11.5 Å². The summed E-state index contributed by atoms with van der Waals surface area (Å²) < 4.78 is 5.88. The third kappa shape index (κ3) is 3.16. The van der Waals surface area contributed by atoms with Gasteiger partial charge >= 0.3 is 0 Å². The van der Waals surface area contributed by atoms with E-state index in [2.05, 4.69) is 21.4 Å². The first-order valence-electron chi connectivity index (χ1n) is 11.1. The van der Waals surface area contributed by atoms with Gasteiger partial charge in [0.1, 0.15) is 12.4 Å². The Kier molecular flexibility index (Phi) is 4.23. The summed E-state index contributed by atoms with van der Waals surface area (Å²) in [6, 6.07) is 7.97. The number of nitrogens with zero attached hydrogens (tertiary/aromatic N) is 5. The van der Waals surface area contributed by atoms with Crippen molar-refractivity contribution in [3.63, 3.8) is 0 Å². The molecule has 1 saturated carbocycles. The van der Waals surface area contributed by atoms with E-state index in [1.54, 1.807) is 6.07 Å². The second-order valence-corrected chi connectivity index (χ2v) is 8.86. The summed E-state index contributed by atoms with van der Waals surface area (Å²) in [6.07, 6.45) is 9.35. The van der Waals surface area contributed by atoms with Crippen molar-refractivity contribution in [2.45, 2.75) is 56.1 Å². The van der Waals surface area contributed by atoms with Crippen LogP contribution < -0.4 is 15.0 Å². The van der Waals surface area contributed by atoms with Crippen molar-refractivity contribution in [2.24, 2.45) is 0 Å². The quantitative estimate of drug-likeness (QED) is 0.766. The fourth-order valence-electron chi connectivity index (χ4n) is 5.22. The van der Waals surface area contributed by atoms with Crippen LogP contribution in [0.1, 0.15) is 54.1 Å². The van der Waals surface area contributed by atoms with Crippen LogP contribution >= 0.6 is 0 Å². The molecule has 4 aliphatic rings. The van der Waals surface area contributed by atoms with Gasteiger partial charge in [-0.15, -0.1) is 0 Å². The van der Waals surface area contributed by atoms with Crippen LogP contribution in [0.3, 0.4) is 0 Å². The molecule has 3 unspecified atom stereocenters. The largest absolute Gasteiger partial charge is 0.490 e. The molecule has 8 nitrogen and oxygen atoms in total. The maximum absolute atomic E-state index is 12.9. The first kappa shape index (κ1) is 18.4. The number of fused-ring (bicyclic) bond motifs is 3. The molecular weight excluding hydrogens is 392 g/mol. The first-order chi connectivity index (χ1) is 15.2. The molecule has 0 radical (unpaired) electrons. The van der Waals surface area contributed by atoms with Crippen molar-refractivity contribution in [1.82, 2.24) is 20.2 Å². The minimum Gasteiger partial charge on any atom is -0.490 e. The molecule has 3 fully saturated rings. The molecule has 1 aromatic heterocycles. The lowest BCUT2D eigenvalue weighted by Gasteiger charge is -2.30. The summed E-state index contributed by atoms with van der Waals surface area (Å²) in [7, 11) is 0. The van der Waals surface area contributed by atoms with Gasteiger partial charge in [-0.25, -0.2) is 9.97 Å². The van der Waals surface area contributed by atoms with E-state index in [1.165, 1.54) is 12.8 Å². The highest BCUT2D eigenvalue weighted by molar-refractivity contribution is 5.95. The van der Waals surface area contributed by atoms with Crippen LogP contribution in [0.15, 0.2) is 30.5 Å². The van der Waals surface area contributed by atoms with Gasteiger partial charge in [0.25, 0.3) is 5.91 Å². The Morgan fingerprint density at radius 3 is 2.94 bits per heavy atom. The SMILES string of the molecule is N#CN1C2CCC1C(NC(=O)c1ccc3c(c1)OCCN3c1nccc(C3CC3)n1)C2. The molecule has 0 spiro atoms. The minimum atomic E-state index is -0.119. The Morgan fingerprint density at radius 2 is 2.13 bits per heavy atom. The number of hydrogen-bond acceptors (Lipinski definition) is 7. The van der Waals surface area contributed by atoms with E-state index in [1.807, 2.05) is 29.3 Å². The lowest BCUT2D eigenvalue weighted by molar-refractivity contribution is 0.0928. The smallest absolute Gasteiger partial charge is 0.251 e. The zero-order chi connectivity index (χ0) is 20.9. The topological polar surface area (TPSA) is 94.4 Å². The lowest BCUT2D eigenvalue weighted by Crippen LogP contribution is -2.43. The minimum absolute atomic E-state index is 0.0258. The molecule has 1 aromatic carbocycles. The predicted octanol–water partition coefficient (Wildman–Crippen LogP) is 2.70. The third-order valence-corrected chi connectivity index (χ3v) is 6.96. The molecule has 3 atom stereocenters. The van der Waals surface area contributed by atoms with Crippen LogP contribution in [-0.2, 0) is 0 Å². The Bertz CT molecular complexity index is 1080. The van der Waals surface area contributed by atoms with Crippen LogP contribution in [0.5, 0.6) is 5.75 Å². The summed E-state index contributed by atoms with van der Waals surface area (Å²) in [5.74, 6) is 1.80. The second-order valence-electron chi connectivity index (χ2n) is 8.86. The Morgan fingerprint density at radius 1 is 1.23 bits per heavy atom. The maximum Gasteiger partial charge on any atom is 0.251 e. The van der Waals surface area contributed by atoms with Crippen molar-refractivity contribution in [2.75, 3.05) is 18.1 Å². The number of ether oxygens (including phenoxy) is 1. The Balaban J connectivity index is 1.22. The highest BCUT2D eigenvalue weighted by atomic mass is 16.5. The first-order valence-corrected chi connectivity index (χ1v) is 11.1. The Hall–Kier alpha value is -3.34. The lowest BCUT2D eigenvalue weighted by atomic mass is 9.95. The monoisotopic (exact) mass is 416 g/mol. The van der Waals surface area contributed by atoms with E-state index in [4.69, 9.17) is 9.72 Å². The molecule has 4 heterocycles. The number of rotatable bonds is 4. The second kappa shape index (κ2) is 7.12. The van der Waals surface area contributed by atoms with E-state index in [0.717, 1.165) is 30.6 Å². The summed E-state index contributed by atoms with van der Waals surface area (Å²) >= 11 is 0. The van der Waals surface area contributed by atoms with Crippen LogP contribution in [0.25, 0.3) is 0 Å². The van der Waals surface area contributed by atoms with Crippen molar-refractivity contribution in [3.05, 3.63) is 41.7 Å². The average molecular weight is 416 g/mol. The molecule has 1 N–H and O–H groups in total. The van der Waals surface area contributed by atoms with E-state index >= 15 is 0 Å². The van der Waals surface area contributed by atoms with Gasteiger partial charge in [0, 0.05) is 29.4 Å². The number of nitrogens with one attached hydrogen (secondary N) is 1. The number of hydrogen-bond donors (Lipinski definition) is 1. The van der Waals surface area contributed by atoms with Gasteiger partial charge in [-0.2, -0.15) is 5.26 Å². The molecule has 158 valence electrons. The summed E-state index contributed by atoms with van der Waals surface area (Å²) in [6.45, 7) is 1.18. The predicted molar refractivity (Wildman–Crippen MR) is 113 cm³/mol. The average Bonchev–Trinajstić information content (AvgIpc) is 3.52.